The molecule has 0 spiro atoms. The molecular formula is C8H9N3. The van der Waals surface area contributed by atoms with Gasteiger partial charge in [-0.1, -0.05) is 12.2 Å². The van der Waals surface area contributed by atoms with Gasteiger partial charge >= 0.3 is 0 Å². The number of hydrogen-bond donors (Lipinski definition) is 2. The summed E-state index contributed by atoms with van der Waals surface area (Å²) in [6.07, 6.45) is 6.51. The van der Waals surface area contributed by atoms with E-state index >= 15 is 0 Å². The van der Waals surface area contributed by atoms with Gasteiger partial charge < -0.3 is 5.32 Å². The average molecular weight is 147 g/mol. The summed E-state index contributed by atoms with van der Waals surface area (Å²) in [4.78, 5) is 3.92. The zero-order valence-corrected chi connectivity index (χ0v) is 6.09. The molecule has 2 N–H and O–H groups in total. The van der Waals surface area contributed by atoms with Crippen molar-refractivity contribution >= 4 is 12.1 Å². The van der Waals surface area contributed by atoms with Crippen LogP contribution in [0.2, 0.25) is 0 Å². The van der Waals surface area contributed by atoms with Crippen molar-refractivity contribution in [2.75, 3.05) is 6.54 Å². The van der Waals surface area contributed by atoms with E-state index in [2.05, 4.69) is 22.5 Å². The Balaban J connectivity index is 2.34. The first-order chi connectivity index (χ1) is 5.36. The lowest BCUT2D eigenvalue weighted by molar-refractivity contribution is 0.908. The second-order valence-corrected chi connectivity index (χ2v) is 2.60. The molecule has 2 rings (SSSR count). The Morgan fingerprint density at radius 1 is 1.55 bits per heavy atom. The fourth-order valence-electron chi connectivity index (χ4n) is 1.22. The number of amidine groups is 1. The molecule has 0 atom stereocenters. The molecule has 0 aromatic carbocycles. The number of nitrogens with one attached hydrogen (secondary N) is 2. The molecule has 3 nitrogen and oxygen atoms in total. The second kappa shape index (κ2) is 2.34. The van der Waals surface area contributed by atoms with Crippen LogP contribution in [0.15, 0.2) is 28.4 Å². The average Bonchev–Trinajstić information content (AvgIpc) is 2.04. The molecule has 2 aliphatic heterocycles. The highest BCUT2D eigenvalue weighted by Gasteiger charge is 2.11. The molecule has 0 bridgehead atoms. The van der Waals surface area contributed by atoms with Crippen molar-refractivity contribution in [2.45, 2.75) is 6.42 Å². The minimum Gasteiger partial charge on any atom is -0.380 e. The maximum absolute atomic E-state index is 7.32. The van der Waals surface area contributed by atoms with Crippen LogP contribution in [0.3, 0.4) is 0 Å². The predicted octanol–water partition coefficient (Wildman–Crippen LogP) is 0.852. The highest BCUT2D eigenvalue weighted by atomic mass is 14.9. The molecular weight excluding hydrogens is 138 g/mol. The van der Waals surface area contributed by atoms with E-state index in [-0.39, 0.29) is 0 Å². The van der Waals surface area contributed by atoms with Crippen molar-refractivity contribution in [1.82, 2.24) is 5.32 Å². The minimum absolute atomic E-state index is 0.442. The zero-order chi connectivity index (χ0) is 7.68. The van der Waals surface area contributed by atoms with Gasteiger partial charge in [0.25, 0.3) is 0 Å². The first-order valence-electron chi connectivity index (χ1n) is 3.61. The van der Waals surface area contributed by atoms with Crippen molar-refractivity contribution < 1.29 is 0 Å². The van der Waals surface area contributed by atoms with Crippen molar-refractivity contribution in [3.8, 4) is 0 Å². The van der Waals surface area contributed by atoms with Crippen molar-refractivity contribution in [1.29, 1.82) is 5.41 Å². The van der Waals surface area contributed by atoms with Gasteiger partial charge in [0.1, 0.15) is 5.84 Å². The third kappa shape index (κ3) is 1.09. The molecule has 0 unspecified atom stereocenters. The van der Waals surface area contributed by atoms with E-state index in [1.54, 1.807) is 6.21 Å². The maximum Gasteiger partial charge on any atom is 0.125 e. The zero-order valence-electron chi connectivity index (χ0n) is 6.09. The molecule has 0 amide bonds. The smallest absolute Gasteiger partial charge is 0.125 e. The van der Waals surface area contributed by atoms with Crippen LogP contribution in [0.1, 0.15) is 6.42 Å². The SMILES string of the molecule is N=C1CC2=C(C=N1)NCC=C2. The van der Waals surface area contributed by atoms with Crippen LogP contribution in [0.5, 0.6) is 0 Å². The third-order valence-electron chi connectivity index (χ3n) is 1.78. The Bertz CT molecular complexity index is 284. The maximum atomic E-state index is 7.32. The molecule has 0 saturated carbocycles. The molecule has 0 aromatic heterocycles. The molecule has 56 valence electrons. The van der Waals surface area contributed by atoms with Crippen LogP contribution in [0.4, 0.5) is 0 Å². The molecule has 11 heavy (non-hydrogen) atoms. The summed E-state index contributed by atoms with van der Waals surface area (Å²) in [6.45, 7) is 0.873. The fourth-order valence-corrected chi connectivity index (χ4v) is 1.22. The third-order valence-corrected chi connectivity index (χ3v) is 1.78. The monoisotopic (exact) mass is 147 g/mol. The fraction of sp³-hybridized carbons (Fsp3) is 0.250. The summed E-state index contributed by atoms with van der Waals surface area (Å²) < 4.78 is 0. The minimum atomic E-state index is 0.442. The summed E-state index contributed by atoms with van der Waals surface area (Å²) >= 11 is 0. The van der Waals surface area contributed by atoms with E-state index in [0.717, 1.165) is 12.2 Å². The first kappa shape index (κ1) is 6.34. The number of aliphatic imine (C=N–C) groups is 1. The molecule has 3 heteroatoms. The van der Waals surface area contributed by atoms with E-state index in [1.165, 1.54) is 5.57 Å². The van der Waals surface area contributed by atoms with Gasteiger partial charge in [-0.2, -0.15) is 0 Å². The van der Waals surface area contributed by atoms with Crippen LogP contribution >= 0.6 is 0 Å². The van der Waals surface area contributed by atoms with Gasteiger partial charge in [0.05, 0.1) is 11.9 Å². The highest BCUT2D eigenvalue weighted by Crippen LogP contribution is 2.15. The van der Waals surface area contributed by atoms with Gasteiger partial charge in [0.15, 0.2) is 0 Å². The summed E-state index contributed by atoms with van der Waals surface area (Å²) in [5.41, 5.74) is 2.25. The number of nitrogens with zero attached hydrogens (tertiary/aromatic N) is 1. The Hall–Kier alpha value is -1.38. The quantitative estimate of drug-likeness (QED) is 0.524. The molecule has 2 aliphatic rings. The normalized spacial score (nSPS) is 21.6. The van der Waals surface area contributed by atoms with Gasteiger partial charge in [-0.3, -0.25) is 5.41 Å². The standard InChI is InChI=1S/C8H9N3/c9-8-4-6-2-1-3-10-7(6)5-11-8/h1-2,5,9-10H,3-4H2. The van der Waals surface area contributed by atoms with E-state index in [9.17, 15) is 0 Å². The molecule has 2 heterocycles. The van der Waals surface area contributed by atoms with E-state index in [1.807, 2.05) is 0 Å². The van der Waals surface area contributed by atoms with Crippen LogP contribution < -0.4 is 5.32 Å². The van der Waals surface area contributed by atoms with E-state index in [0.29, 0.717) is 12.3 Å². The largest absolute Gasteiger partial charge is 0.380 e. The first-order valence-corrected chi connectivity index (χ1v) is 3.61. The highest BCUT2D eigenvalue weighted by molar-refractivity contribution is 5.98. The van der Waals surface area contributed by atoms with Crippen LogP contribution in [-0.2, 0) is 0 Å². The van der Waals surface area contributed by atoms with Gasteiger partial charge in [-0.15, -0.1) is 0 Å². The van der Waals surface area contributed by atoms with E-state index in [4.69, 9.17) is 5.41 Å². The van der Waals surface area contributed by atoms with Gasteiger partial charge in [0.2, 0.25) is 0 Å². The lowest BCUT2D eigenvalue weighted by Crippen LogP contribution is -2.22. The Morgan fingerprint density at radius 2 is 2.45 bits per heavy atom. The number of dihydropyridines is 2. The number of allylic oxidation sites excluding steroid dienone is 2. The van der Waals surface area contributed by atoms with Crippen LogP contribution in [-0.4, -0.2) is 18.6 Å². The molecule has 0 radical (unpaired) electrons. The summed E-state index contributed by atoms with van der Waals surface area (Å²) in [5, 5.41) is 10.5. The topological polar surface area (TPSA) is 48.2 Å². The Kier molecular flexibility index (Phi) is 1.35. The van der Waals surface area contributed by atoms with Crippen molar-refractivity contribution in [2.24, 2.45) is 4.99 Å². The van der Waals surface area contributed by atoms with E-state index < -0.39 is 0 Å². The lowest BCUT2D eigenvalue weighted by atomic mass is 10.0. The lowest BCUT2D eigenvalue weighted by Gasteiger charge is -2.17. The predicted molar refractivity (Wildman–Crippen MR) is 45.0 cm³/mol. The number of hydrogen-bond acceptors (Lipinski definition) is 2. The molecule has 0 aromatic rings. The summed E-state index contributed by atoms with van der Waals surface area (Å²) in [7, 11) is 0. The molecule has 0 saturated heterocycles. The van der Waals surface area contributed by atoms with Crippen LogP contribution in [0.25, 0.3) is 0 Å². The summed E-state index contributed by atoms with van der Waals surface area (Å²) in [6, 6.07) is 0. The van der Waals surface area contributed by atoms with Gasteiger partial charge in [-0.05, 0) is 5.57 Å². The number of rotatable bonds is 0. The Labute approximate surface area is 65.0 Å². The van der Waals surface area contributed by atoms with Crippen LogP contribution in [0, 0.1) is 5.41 Å². The van der Waals surface area contributed by atoms with Gasteiger partial charge in [-0.25, -0.2) is 4.99 Å². The Morgan fingerprint density at radius 3 is 3.36 bits per heavy atom. The molecule has 0 aliphatic carbocycles. The molecule has 0 fully saturated rings. The van der Waals surface area contributed by atoms with Crippen molar-refractivity contribution in [3.63, 3.8) is 0 Å². The van der Waals surface area contributed by atoms with Gasteiger partial charge in [0, 0.05) is 13.0 Å². The summed E-state index contributed by atoms with van der Waals surface area (Å²) in [5.74, 6) is 0.442. The second-order valence-electron chi connectivity index (χ2n) is 2.60. The van der Waals surface area contributed by atoms with Crippen molar-refractivity contribution in [3.05, 3.63) is 23.4 Å².